The summed E-state index contributed by atoms with van der Waals surface area (Å²) < 4.78 is 59.6. The summed E-state index contributed by atoms with van der Waals surface area (Å²) in [7, 11) is -3.71. The van der Waals surface area contributed by atoms with Gasteiger partial charge in [-0.2, -0.15) is 17.5 Å². The number of benzene rings is 1. The van der Waals surface area contributed by atoms with Gasteiger partial charge in [-0.15, -0.1) is 0 Å². The Morgan fingerprint density at radius 3 is 2.26 bits per heavy atom. The third-order valence-corrected chi connectivity index (χ3v) is 7.84. The summed E-state index contributed by atoms with van der Waals surface area (Å²) in [5, 5.41) is 10.3. The summed E-state index contributed by atoms with van der Waals surface area (Å²) in [6, 6.07) is 8.89. The number of hydrogen-bond donors (Lipinski definition) is 2. The molecule has 2 saturated heterocycles. The molecule has 1 unspecified atom stereocenters. The van der Waals surface area contributed by atoms with E-state index in [1.54, 1.807) is 35.2 Å². The highest BCUT2D eigenvalue weighted by Crippen LogP contribution is 2.19. The first-order valence-electron chi connectivity index (χ1n) is 11.5. The van der Waals surface area contributed by atoms with E-state index in [-0.39, 0.29) is 17.3 Å². The molecule has 9 nitrogen and oxygen atoms in total. The van der Waals surface area contributed by atoms with E-state index in [1.807, 2.05) is 0 Å². The number of rotatable bonds is 7. The van der Waals surface area contributed by atoms with Gasteiger partial charge in [0.2, 0.25) is 15.9 Å². The normalized spacial score (nSPS) is 19.7. The van der Waals surface area contributed by atoms with Crippen LogP contribution in [0.5, 0.6) is 0 Å². The molecule has 1 amide bonds. The fraction of sp³-hybridized carbons (Fsp3) is 0.636. The smallest absolute Gasteiger partial charge is 0.475 e. The fourth-order valence-corrected chi connectivity index (χ4v) is 5.32. The Labute approximate surface area is 203 Å². The molecule has 1 aromatic carbocycles. The quantitative estimate of drug-likeness (QED) is 0.560. The number of hydrogen-bond acceptors (Lipinski definition) is 6. The summed E-state index contributed by atoms with van der Waals surface area (Å²) in [6.45, 7) is 6.83. The zero-order valence-electron chi connectivity index (χ0n) is 19.7. The molecule has 35 heavy (non-hydrogen) atoms. The lowest BCUT2D eigenvalue weighted by molar-refractivity contribution is -0.192. The first-order chi connectivity index (χ1) is 16.4. The van der Waals surface area contributed by atoms with Gasteiger partial charge in [0.25, 0.3) is 0 Å². The number of carbonyl (C=O) groups excluding carboxylic acids is 1. The lowest BCUT2D eigenvalue weighted by Gasteiger charge is -2.35. The molecule has 2 fully saturated rings. The molecule has 0 saturated carbocycles. The highest BCUT2D eigenvalue weighted by atomic mass is 32.2. The molecule has 2 aliphatic rings. The number of sulfonamides is 1. The van der Waals surface area contributed by atoms with E-state index < -0.39 is 22.2 Å². The monoisotopic (exact) mass is 522 g/mol. The number of nitrogens with one attached hydrogen (secondary N) is 1. The number of carbonyl (C=O) groups is 2. The maximum Gasteiger partial charge on any atom is 0.490 e. The topological polar surface area (TPSA) is 110 Å². The van der Waals surface area contributed by atoms with Crippen LogP contribution in [0.15, 0.2) is 35.2 Å². The molecule has 2 N–H and O–H groups in total. The number of amides is 1. The third-order valence-electron chi connectivity index (χ3n) is 5.98. The van der Waals surface area contributed by atoms with Crippen LogP contribution in [0, 0.1) is 0 Å². The molecular weight excluding hydrogens is 489 g/mol. The Hall–Kier alpha value is -2.22. The van der Waals surface area contributed by atoms with Gasteiger partial charge in [0, 0.05) is 45.3 Å². The van der Waals surface area contributed by atoms with Gasteiger partial charge in [-0.05, 0) is 38.4 Å². The molecule has 0 spiro atoms. The summed E-state index contributed by atoms with van der Waals surface area (Å²) in [5.74, 6) is -2.87. The second kappa shape index (κ2) is 13.2. The maximum atomic E-state index is 13.2. The van der Waals surface area contributed by atoms with Gasteiger partial charge in [0.1, 0.15) is 0 Å². The lowest BCUT2D eigenvalue weighted by atomic mass is 10.0. The molecule has 1 atom stereocenters. The van der Waals surface area contributed by atoms with Gasteiger partial charge in [0.15, 0.2) is 0 Å². The Morgan fingerprint density at radius 2 is 1.71 bits per heavy atom. The number of halogens is 3. The van der Waals surface area contributed by atoms with Crippen LogP contribution in [0.3, 0.4) is 0 Å². The molecule has 2 aliphatic heterocycles. The van der Waals surface area contributed by atoms with Crippen LogP contribution in [-0.4, -0.2) is 104 Å². The van der Waals surface area contributed by atoms with Crippen molar-refractivity contribution in [2.24, 2.45) is 0 Å². The van der Waals surface area contributed by atoms with E-state index in [0.29, 0.717) is 32.2 Å². The van der Waals surface area contributed by atoms with E-state index >= 15 is 0 Å². The molecule has 3 rings (SSSR count). The minimum Gasteiger partial charge on any atom is -0.475 e. The number of likely N-dealkylation sites (tertiary alicyclic amines) is 1. The number of aliphatic carboxylic acids is 1. The Bertz CT molecular complexity index is 925. The van der Waals surface area contributed by atoms with Crippen molar-refractivity contribution < 1.29 is 36.3 Å². The summed E-state index contributed by atoms with van der Waals surface area (Å²) in [5.41, 5.74) is 0. The van der Waals surface area contributed by atoms with Crippen molar-refractivity contribution in [2.75, 3.05) is 52.4 Å². The van der Waals surface area contributed by atoms with E-state index in [1.165, 1.54) is 10.7 Å². The van der Waals surface area contributed by atoms with Crippen molar-refractivity contribution in [1.29, 1.82) is 0 Å². The second-order valence-electron chi connectivity index (χ2n) is 8.47. The van der Waals surface area contributed by atoms with Gasteiger partial charge in [0.05, 0.1) is 11.4 Å². The number of piperazine rings is 1. The number of nitrogens with zero attached hydrogens (tertiary/aromatic N) is 3. The molecule has 0 radical (unpaired) electrons. The predicted octanol–water partition coefficient (Wildman–Crippen LogP) is 1.62. The van der Waals surface area contributed by atoms with E-state index in [0.717, 1.165) is 32.5 Å². The van der Waals surface area contributed by atoms with Gasteiger partial charge in [-0.3, -0.25) is 9.69 Å². The number of carboxylic acid groups (broad SMARTS) is 1. The first-order valence-corrected chi connectivity index (χ1v) is 12.9. The highest BCUT2D eigenvalue weighted by Gasteiger charge is 2.38. The van der Waals surface area contributed by atoms with E-state index in [9.17, 15) is 26.4 Å². The average Bonchev–Trinajstić information content (AvgIpc) is 2.83. The van der Waals surface area contributed by atoms with Crippen LogP contribution in [-0.2, 0) is 19.6 Å². The van der Waals surface area contributed by atoms with Gasteiger partial charge in [-0.25, -0.2) is 13.2 Å². The SMILES string of the molecule is CC1CCCCN1CCN(CC(=O)N1CCNCC1)S(=O)(=O)c1ccccc1.O=C(O)C(F)(F)F. The molecule has 2 heterocycles. The zero-order chi connectivity index (χ0) is 26.1. The maximum absolute atomic E-state index is 13.2. The van der Waals surface area contributed by atoms with Crippen molar-refractivity contribution in [3.63, 3.8) is 0 Å². The number of piperidine rings is 1. The number of carboxylic acids is 1. The third kappa shape index (κ3) is 9.06. The highest BCUT2D eigenvalue weighted by molar-refractivity contribution is 7.89. The van der Waals surface area contributed by atoms with Crippen molar-refractivity contribution in [1.82, 2.24) is 19.4 Å². The molecule has 13 heteroatoms. The van der Waals surface area contributed by atoms with Crippen LogP contribution in [0.4, 0.5) is 13.2 Å². The molecule has 198 valence electrons. The minimum atomic E-state index is -5.08. The average molecular weight is 523 g/mol. The van der Waals surface area contributed by atoms with E-state index in [2.05, 4.69) is 17.1 Å². The first kappa shape index (κ1) is 29.0. The minimum absolute atomic E-state index is 0.0978. The van der Waals surface area contributed by atoms with Gasteiger partial charge in [-0.1, -0.05) is 24.6 Å². The van der Waals surface area contributed by atoms with Gasteiger partial charge < -0.3 is 15.3 Å². The molecular formula is C22H33F3N4O5S. The predicted molar refractivity (Wildman–Crippen MR) is 123 cm³/mol. The Kier molecular flexibility index (Phi) is 10.9. The van der Waals surface area contributed by atoms with Gasteiger partial charge >= 0.3 is 12.1 Å². The fourth-order valence-electron chi connectivity index (χ4n) is 3.92. The molecule has 1 aromatic rings. The largest absolute Gasteiger partial charge is 0.490 e. The van der Waals surface area contributed by atoms with Crippen LogP contribution in [0.25, 0.3) is 0 Å². The lowest BCUT2D eigenvalue weighted by Crippen LogP contribution is -2.51. The molecule has 0 aliphatic carbocycles. The van der Waals surface area contributed by atoms with Crippen LogP contribution < -0.4 is 5.32 Å². The Morgan fingerprint density at radius 1 is 1.11 bits per heavy atom. The summed E-state index contributed by atoms with van der Waals surface area (Å²) in [6.07, 6.45) is -1.56. The second-order valence-corrected chi connectivity index (χ2v) is 10.4. The standard InChI is InChI=1S/C20H32N4O3S.C2HF3O2/c1-18-7-5-6-12-22(18)15-16-24(17-20(25)23-13-10-21-11-14-23)28(26,27)19-8-3-2-4-9-19;3-2(4,5)1(6)7/h2-4,8-9,18,21H,5-7,10-17H2,1H3;(H,6,7). The van der Waals surface area contributed by atoms with Crippen molar-refractivity contribution in [3.8, 4) is 0 Å². The Balaban J connectivity index is 0.000000540. The molecule has 0 aromatic heterocycles. The molecule has 0 bridgehead atoms. The van der Waals surface area contributed by atoms with Crippen molar-refractivity contribution >= 4 is 21.9 Å². The number of alkyl halides is 3. The van der Waals surface area contributed by atoms with Crippen LogP contribution in [0.2, 0.25) is 0 Å². The van der Waals surface area contributed by atoms with Crippen LogP contribution >= 0.6 is 0 Å². The zero-order valence-corrected chi connectivity index (χ0v) is 20.5. The van der Waals surface area contributed by atoms with Crippen molar-refractivity contribution in [2.45, 2.75) is 43.3 Å². The summed E-state index contributed by atoms with van der Waals surface area (Å²) >= 11 is 0. The summed E-state index contributed by atoms with van der Waals surface area (Å²) in [4.78, 5) is 26.0. The van der Waals surface area contributed by atoms with Crippen molar-refractivity contribution in [3.05, 3.63) is 30.3 Å². The van der Waals surface area contributed by atoms with Crippen LogP contribution in [0.1, 0.15) is 26.2 Å². The van der Waals surface area contributed by atoms with E-state index in [4.69, 9.17) is 9.90 Å².